The molecular formula is C29H35N5O5S. The maximum atomic E-state index is 12.9. The molecule has 11 heteroatoms. The molecule has 0 spiro atoms. The quantitative estimate of drug-likeness (QED) is 0.280. The number of nitrogens with zero attached hydrogens (tertiary/aromatic N) is 2. The van der Waals surface area contributed by atoms with Gasteiger partial charge in [0, 0.05) is 38.6 Å². The number of rotatable bonds is 8. The van der Waals surface area contributed by atoms with Gasteiger partial charge in [0.1, 0.15) is 11.4 Å². The van der Waals surface area contributed by atoms with Crippen LogP contribution < -0.4 is 32.1 Å². The summed E-state index contributed by atoms with van der Waals surface area (Å²) in [6, 6.07) is 5.82. The number of nitrogens with two attached hydrogens (primary N) is 1. The Labute approximate surface area is 237 Å². The molecule has 0 saturated heterocycles. The first-order chi connectivity index (χ1) is 19.0. The van der Waals surface area contributed by atoms with Gasteiger partial charge in [-0.3, -0.25) is 24.0 Å². The second-order valence-electron chi connectivity index (χ2n) is 9.47. The van der Waals surface area contributed by atoms with Crippen LogP contribution in [0.25, 0.3) is 0 Å². The normalized spacial score (nSPS) is 12.2. The number of thiophene rings is 1. The monoisotopic (exact) mass is 565 g/mol. The van der Waals surface area contributed by atoms with Crippen molar-refractivity contribution in [2.45, 2.75) is 46.7 Å². The molecule has 10 nitrogen and oxygen atoms in total. The van der Waals surface area contributed by atoms with Crippen LogP contribution in [0.5, 0.6) is 0 Å². The fourth-order valence-corrected chi connectivity index (χ4v) is 5.29. The average molecular weight is 566 g/mol. The minimum absolute atomic E-state index is 0.0106. The zero-order valence-corrected chi connectivity index (χ0v) is 24.3. The van der Waals surface area contributed by atoms with Gasteiger partial charge in [0.15, 0.2) is 0 Å². The van der Waals surface area contributed by atoms with Gasteiger partial charge < -0.3 is 26.2 Å². The molecule has 0 aliphatic carbocycles. The van der Waals surface area contributed by atoms with E-state index in [0.29, 0.717) is 30.6 Å². The fraction of sp³-hybridized carbons (Fsp3) is 0.345. The number of nitrogens with one attached hydrogen (secondary N) is 2. The number of fused-ring (bicyclic) bond motifs is 1. The zero-order chi connectivity index (χ0) is 29.7. The minimum atomic E-state index is -0.637. The molecule has 40 heavy (non-hydrogen) atoms. The molecule has 0 saturated carbocycles. The van der Waals surface area contributed by atoms with Crippen molar-refractivity contribution in [3.63, 3.8) is 0 Å². The van der Waals surface area contributed by atoms with Crippen LogP contribution in [0.3, 0.4) is 0 Å². The van der Waals surface area contributed by atoms with Gasteiger partial charge in [-0.1, -0.05) is 38.6 Å². The molecule has 0 atom stereocenters. The highest BCUT2D eigenvalue weighted by atomic mass is 32.1. The Bertz CT molecular complexity index is 1530. The van der Waals surface area contributed by atoms with Crippen molar-refractivity contribution in [3.05, 3.63) is 89.0 Å². The zero-order valence-electron chi connectivity index (χ0n) is 23.5. The van der Waals surface area contributed by atoms with E-state index in [-0.39, 0.29) is 35.9 Å². The molecule has 1 aliphatic rings. The van der Waals surface area contributed by atoms with E-state index in [2.05, 4.69) is 17.2 Å². The standard InChI is InChI=1S/C27H29N5O5S.C2H6/c1-14(30-27(37)21-15(2)38-13-19(21)10-20(33)31(3)4)26(36)29-11-16-5-6-17-7-8-32(12-18(17)9-16)23-22(28)24(34)25(23)35;1-2/h5-6,9,13H,1,7-8,10-12,28H2,2-4H3,(H,29,36)(H,30,37);1-2H3. The van der Waals surface area contributed by atoms with Gasteiger partial charge >= 0.3 is 0 Å². The van der Waals surface area contributed by atoms with E-state index < -0.39 is 22.7 Å². The third kappa shape index (κ3) is 6.31. The molecule has 3 aromatic rings. The Hall–Kier alpha value is -4.25. The van der Waals surface area contributed by atoms with Crippen molar-refractivity contribution in [1.29, 1.82) is 0 Å². The maximum Gasteiger partial charge on any atom is 0.267 e. The van der Waals surface area contributed by atoms with Crippen LogP contribution in [0.15, 0.2) is 45.4 Å². The molecule has 0 unspecified atom stereocenters. The van der Waals surface area contributed by atoms with Crippen LogP contribution in [0, 0.1) is 6.92 Å². The summed E-state index contributed by atoms with van der Waals surface area (Å²) in [5.74, 6) is -1.15. The van der Waals surface area contributed by atoms with Crippen molar-refractivity contribution < 1.29 is 14.4 Å². The van der Waals surface area contributed by atoms with Crippen molar-refractivity contribution >= 4 is 40.4 Å². The van der Waals surface area contributed by atoms with Crippen molar-refractivity contribution in [2.24, 2.45) is 0 Å². The van der Waals surface area contributed by atoms with Crippen LogP contribution in [-0.4, -0.2) is 43.3 Å². The molecule has 2 aromatic carbocycles. The third-order valence-corrected chi connectivity index (χ3v) is 7.59. The molecule has 0 radical (unpaired) electrons. The van der Waals surface area contributed by atoms with Gasteiger partial charge in [0.25, 0.3) is 22.7 Å². The number of nitrogen functional groups attached to an aromatic ring is 1. The van der Waals surface area contributed by atoms with Crippen LogP contribution in [0.4, 0.5) is 11.4 Å². The van der Waals surface area contributed by atoms with E-state index in [4.69, 9.17) is 5.73 Å². The number of hydrogen-bond acceptors (Lipinski definition) is 8. The maximum absolute atomic E-state index is 12.9. The molecule has 4 N–H and O–H groups in total. The molecule has 0 bridgehead atoms. The second kappa shape index (κ2) is 12.7. The summed E-state index contributed by atoms with van der Waals surface area (Å²) in [4.78, 5) is 65.1. The van der Waals surface area contributed by atoms with Gasteiger partial charge in [-0.25, -0.2) is 0 Å². The summed E-state index contributed by atoms with van der Waals surface area (Å²) in [7, 11) is 3.30. The van der Waals surface area contributed by atoms with Crippen LogP contribution in [0.1, 0.15) is 51.3 Å². The van der Waals surface area contributed by atoms with Gasteiger partial charge in [-0.2, -0.15) is 0 Å². The Balaban J connectivity index is 0.00000216. The predicted octanol–water partition coefficient (Wildman–Crippen LogP) is 2.01. The van der Waals surface area contributed by atoms with E-state index in [1.54, 1.807) is 26.4 Å². The topological polar surface area (TPSA) is 142 Å². The Morgan fingerprint density at radius 2 is 1.82 bits per heavy atom. The minimum Gasteiger partial charge on any atom is -0.394 e. The summed E-state index contributed by atoms with van der Waals surface area (Å²) in [5.41, 5.74) is 8.63. The number of aryl methyl sites for hydroxylation is 1. The SMILES string of the molecule is C=C(NC(=O)c1c(CC(=O)N(C)C)csc1C)C(=O)NCc1ccc2c(c1)CN(c1c(N)c(=O)c1=O)CC2.CC. The number of carbonyl (C=O) groups is 3. The Morgan fingerprint density at radius 3 is 2.48 bits per heavy atom. The Morgan fingerprint density at radius 1 is 1.12 bits per heavy atom. The van der Waals surface area contributed by atoms with E-state index in [0.717, 1.165) is 21.6 Å². The summed E-state index contributed by atoms with van der Waals surface area (Å²) < 4.78 is 0. The predicted molar refractivity (Wildman–Crippen MR) is 158 cm³/mol. The number of benzene rings is 1. The average Bonchev–Trinajstić information content (AvgIpc) is 3.31. The molecule has 4 rings (SSSR count). The number of anilines is 2. The van der Waals surface area contributed by atoms with Crippen molar-refractivity contribution in [2.75, 3.05) is 31.3 Å². The molecule has 0 fully saturated rings. The summed E-state index contributed by atoms with van der Waals surface area (Å²) in [6.45, 7) is 10.7. The Kier molecular flexibility index (Phi) is 9.65. The molecule has 3 amide bonds. The molecular weight excluding hydrogens is 530 g/mol. The van der Waals surface area contributed by atoms with E-state index in [1.165, 1.54) is 16.2 Å². The highest BCUT2D eigenvalue weighted by Crippen LogP contribution is 2.27. The van der Waals surface area contributed by atoms with Crippen LogP contribution in [-0.2, 0) is 35.5 Å². The largest absolute Gasteiger partial charge is 0.394 e. The lowest BCUT2D eigenvalue weighted by Gasteiger charge is -2.32. The van der Waals surface area contributed by atoms with Gasteiger partial charge in [-0.05, 0) is 41.0 Å². The smallest absolute Gasteiger partial charge is 0.267 e. The number of amides is 3. The van der Waals surface area contributed by atoms with Gasteiger partial charge in [-0.15, -0.1) is 11.3 Å². The summed E-state index contributed by atoms with van der Waals surface area (Å²) in [5, 5.41) is 7.08. The first-order valence-electron chi connectivity index (χ1n) is 13.0. The van der Waals surface area contributed by atoms with Crippen molar-refractivity contribution in [3.8, 4) is 0 Å². The lowest BCUT2D eigenvalue weighted by atomic mass is 9.96. The molecule has 212 valence electrons. The van der Waals surface area contributed by atoms with Gasteiger partial charge in [0.2, 0.25) is 5.91 Å². The van der Waals surface area contributed by atoms with E-state index in [9.17, 15) is 24.0 Å². The second-order valence-corrected chi connectivity index (χ2v) is 10.6. The van der Waals surface area contributed by atoms with Gasteiger partial charge in [0.05, 0.1) is 17.7 Å². The number of carbonyl (C=O) groups excluding carboxylic acids is 3. The third-order valence-electron chi connectivity index (χ3n) is 6.63. The first-order valence-corrected chi connectivity index (χ1v) is 13.9. The van der Waals surface area contributed by atoms with Crippen LogP contribution in [0.2, 0.25) is 0 Å². The summed E-state index contributed by atoms with van der Waals surface area (Å²) >= 11 is 1.36. The molecule has 2 heterocycles. The van der Waals surface area contributed by atoms with Crippen molar-refractivity contribution in [1.82, 2.24) is 15.5 Å². The summed E-state index contributed by atoms with van der Waals surface area (Å²) in [6.07, 6.45) is 0.788. The van der Waals surface area contributed by atoms with E-state index >= 15 is 0 Å². The number of likely N-dealkylation sites (N-methyl/N-ethyl adjacent to an activating group) is 1. The number of hydrogen-bond donors (Lipinski definition) is 3. The first kappa shape index (κ1) is 30.3. The molecule has 1 aliphatic heterocycles. The van der Waals surface area contributed by atoms with E-state index in [1.807, 2.05) is 36.9 Å². The lowest BCUT2D eigenvalue weighted by Crippen LogP contribution is -2.44. The van der Waals surface area contributed by atoms with Crippen LogP contribution >= 0.6 is 11.3 Å². The highest BCUT2D eigenvalue weighted by Gasteiger charge is 2.27. The highest BCUT2D eigenvalue weighted by molar-refractivity contribution is 7.10. The lowest BCUT2D eigenvalue weighted by molar-refractivity contribution is -0.128. The molecule has 1 aromatic heterocycles. The fourth-order valence-electron chi connectivity index (χ4n) is 4.43.